The molecular weight excluding hydrogens is 398 g/mol. The van der Waals surface area contributed by atoms with Gasteiger partial charge in [-0.15, -0.1) is 0 Å². The summed E-state index contributed by atoms with van der Waals surface area (Å²) in [6, 6.07) is 13.5. The Hall–Kier alpha value is -2.64. The molecule has 0 amide bonds. The summed E-state index contributed by atoms with van der Waals surface area (Å²) in [7, 11) is 0. The lowest BCUT2D eigenvalue weighted by Gasteiger charge is -2.31. The van der Waals surface area contributed by atoms with Gasteiger partial charge in [0.25, 0.3) is 0 Å². The summed E-state index contributed by atoms with van der Waals surface area (Å²) in [6.45, 7) is 15.8. The van der Waals surface area contributed by atoms with Crippen molar-refractivity contribution in [1.82, 2.24) is 0 Å². The Labute approximate surface area is 200 Å². The van der Waals surface area contributed by atoms with Gasteiger partial charge in [-0.05, 0) is 94.2 Å². The third-order valence-electron chi connectivity index (χ3n) is 6.80. The molecule has 172 valence electrons. The summed E-state index contributed by atoms with van der Waals surface area (Å²) < 4.78 is 0. The van der Waals surface area contributed by atoms with Crippen LogP contribution in [0, 0.1) is 5.41 Å². The predicted octanol–water partition coefficient (Wildman–Crippen LogP) is 8.20. The van der Waals surface area contributed by atoms with E-state index >= 15 is 0 Å². The maximum atomic E-state index is 6.82. The minimum absolute atomic E-state index is 0.00436. The average molecular weight is 438 g/mol. The van der Waals surface area contributed by atoms with Crippen LogP contribution in [0.5, 0.6) is 0 Å². The predicted molar refractivity (Wildman–Crippen MR) is 145 cm³/mol. The Balaban J connectivity index is 1.97. The first-order chi connectivity index (χ1) is 15.4. The number of nitrogens with two attached hydrogens (primary N) is 1. The van der Waals surface area contributed by atoms with E-state index < -0.39 is 5.54 Å². The van der Waals surface area contributed by atoms with Crippen molar-refractivity contribution in [3.63, 3.8) is 0 Å². The van der Waals surface area contributed by atoms with Crippen LogP contribution >= 0.6 is 0 Å². The van der Waals surface area contributed by atoms with E-state index in [1.165, 1.54) is 44.5 Å². The van der Waals surface area contributed by atoms with Crippen LogP contribution in [-0.4, -0.2) is 0 Å². The molecule has 0 aromatic heterocycles. The smallest absolute Gasteiger partial charge is 0.0358 e. The third kappa shape index (κ3) is 4.99. The summed E-state index contributed by atoms with van der Waals surface area (Å²) in [5.74, 6) is 0. The quantitative estimate of drug-likeness (QED) is 0.514. The monoisotopic (exact) mass is 437 g/mol. The zero-order valence-corrected chi connectivity index (χ0v) is 21.4. The van der Waals surface area contributed by atoms with Crippen LogP contribution in [0.3, 0.4) is 0 Å². The first kappa shape index (κ1) is 23.5. The van der Waals surface area contributed by atoms with Gasteiger partial charge in [0.15, 0.2) is 0 Å². The molecular formula is C32H39N. The molecule has 0 radical (unpaired) electrons. The van der Waals surface area contributed by atoms with Crippen molar-refractivity contribution in [2.45, 2.75) is 72.3 Å². The lowest BCUT2D eigenvalue weighted by Crippen LogP contribution is -2.31. The molecule has 0 spiro atoms. The van der Waals surface area contributed by atoms with Gasteiger partial charge < -0.3 is 5.73 Å². The van der Waals surface area contributed by atoms with E-state index in [2.05, 4.69) is 121 Å². The van der Waals surface area contributed by atoms with Gasteiger partial charge in [0.2, 0.25) is 0 Å². The van der Waals surface area contributed by atoms with Crippen molar-refractivity contribution in [3.05, 3.63) is 100 Å². The summed E-state index contributed by atoms with van der Waals surface area (Å²) >= 11 is 0. The van der Waals surface area contributed by atoms with E-state index in [1.807, 2.05) is 0 Å². The van der Waals surface area contributed by atoms with Crippen molar-refractivity contribution < 1.29 is 0 Å². The van der Waals surface area contributed by atoms with Gasteiger partial charge in [-0.1, -0.05) is 95.3 Å². The molecule has 2 aliphatic carbocycles. The first-order valence-electron chi connectivity index (χ1n) is 12.2. The largest absolute Gasteiger partial charge is 0.322 e. The fraction of sp³-hybridized carbons (Fsp3) is 0.375. The SMILES string of the molecule is CC1(C)\C=C(c2cc(C(C)(C)N)c(C3=Cc4ccccc4C3)cc2C(C)(C)C)/C=C\C=C/C1. The highest BCUT2D eigenvalue weighted by atomic mass is 14.7. The lowest BCUT2D eigenvalue weighted by molar-refractivity contribution is 0.489. The molecule has 0 saturated carbocycles. The number of fused-ring (bicyclic) bond motifs is 1. The summed E-state index contributed by atoms with van der Waals surface area (Å²) in [6.07, 6.45) is 15.7. The molecule has 0 aliphatic heterocycles. The van der Waals surface area contributed by atoms with Crippen molar-refractivity contribution in [3.8, 4) is 0 Å². The molecule has 2 aliphatic rings. The number of allylic oxidation sites excluding steroid dienone is 7. The highest BCUT2D eigenvalue weighted by Crippen LogP contribution is 2.42. The Morgan fingerprint density at radius 2 is 1.58 bits per heavy atom. The summed E-state index contributed by atoms with van der Waals surface area (Å²) in [4.78, 5) is 0. The zero-order chi connectivity index (χ0) is 24.0. The van der Waals surface area contributed by atoms with Crippen LogP contribution in [0.2, 0.25) is 0 Å². The van der Waals surface area contributed by atoms with Crippen molar-refractivity contribution >= 4 is 17.2 Å². The van der Waals surface area contributed by atoms with Crippen LogP contribution in [0.4, 0.5) is 0 Å². The molecule has 1 heteroatoms. The fourth-order valence-electron chi connectivity index (χ4n) is 5.02. The van der Waals surface area contributed by atoms with Crippen molar-refractivity contribution in [2.75, 3.05) is 0 Å². The zero-order valence-electron chi connectivity index (χ0n) is 21.4. The number of rotatable bonds is 3. The fourth-order valence-corrected chi connectivity index (χ4v) is 5.02. The topological polar surface area (TPSA) is 26.0 Å². The normalized spacial score (nSPS) is 21.3. The second kappa shape index (κ2) is 8.29. The Bertz CT molecular complexity index is 1180. The van der Waals surface area contributed by atoms with Crippen molar-refractivity contribution in [1.29, 1.82) is 0 Å². The molecule has 0 fully saturated rings. The van der Waals surface area contributed by atoms with Crippen LogP contribution in [0.1, 0.15) is 88.3 Å². The molecule has 0 unspecified atom stereocenters. The Morgan fingerprint density at radius 3 is 2.24 bits per heavy atom. The van der Waals surface area contributed by atoms with Crippen LogP contribution in [0.25, 0.3) is 17.2 Å². The van der Waals surface area contributed by atoms with Gasteiger partial charge >= 0.3 is 0 Å². The molecule has 2 N–H and O–H groups in total. The summed E-state index contributed by atoms with van der Waals surface area (Å²) in [5, 5.41) is 0. The molecule has 2 aromatic rings. The minimum atomic E-state index is -0.447. The number of benzene rings is 2. The number of hydrogen-bond donors (Lipinski definition) is 1. The highest BCUT2D eigenvalue weighted by Gasteiger charge is 2.29. The highest BCUT2D eigenvalue weighted by molar-refractivity contribution is 5.91. The average Bonchev–Trinajstić information content (AvgIpc) is 3.13. The van der Waals surface area contributed by atoms with Crippen LogP contribution in [0.15, 0.2) is 66.8 Å². The standard InChI is InChI=1S/C32H39N/c1-30(2,3)28-19-27(25-17-22-13-10-11-14-23(22)18-25)29(32(6,7)33)20-26(28)24-15-9-8-12-16-31(4,5)21-24/h8-15,17,19-21H,16,18,33H2,1-7H3/b12-8-,15-9-,24-21+. The minimum Gasteiger partial charge on any atom is -0.322 e. The molecule has 0 atom stereocenters. The molecule has 1 nitrogen and oxygen atoms in total. The molecule has 0 heterocycles. The number of hydrogen-bond acceptors (Lipinski definition) is 1. The maximum absolute atomic E-state index is 6.82. The van der Waals surface area contributed by atoms with E-state index in [0.717, 1.165) is 12.8 Å². The first-order valence-corrected chi connectivity index (χ1v) is 12.2. The van der Waals surface area contributed by atoms with Gasteiger partial charge in [-0.25, -0.2) is 0 Å². The third-order valence-corrected chi connectivity index (χ3v) is 6.80. The molecule has 4 rings (SSSR count). The lowest BCUT2D eigenvalue weighted by atomic mass is 9.74. The van der Waals surface area contributed by atoms with E-state index in [4.69, 9.17) is 5.73 Å². The van der Waals surface area contributed by atoms with E-state index in [1.54, 1.807) is 0 Å². The Morgan fingerprint density at radius 1 is 0.879 bits per heavy atom. The second-order valence-electron chi connectivity index (χ2n) is 12.0. The maximum Gasteiger partial charge on any atom is 0.0358 e. The van der Waals surface area contributed by atoms with Gasteiger partial charge in [0.1, 0.15) is 0 Å². The van der Waals surface area contributed by atoms with E-state index in [-0.39, 0.29) is 10.8 Å². The van der Waals surface area contributed by atoms with E-state index in [0.29, 0.717) is 0 Å². The molecule has 0 saturated heterocycles. The van der Waals surface area contributed by atoms with Crippen molar-refractivity contribution in [2.24, 2.45) is 11.1 Å². The van der Waals surface area contributed by atoms with E-state index in [9.17, 15) is 0 Å². The molecule has 0 bridgehead atoms. The van der Waals surface area contributed by atoms with Crippen LogP contribution < -0.4 is 5.73 Å². The van der Waals surface area contributed by atoms with Gasteiger partial charge in [-0.2, -0.15) is 0 Å². The Kier molecular flexibility index (Phi) is 5.91. The van der Waals surface area contributed by atoms with Gasteiger partial charge in [-0.3, -0.25) is 0 Å². The van der Waals surface area contributed by atoms with Gasteiger partial charge in [0.05, 0.1) is 0 Å². The molecule has 2 aromatic carbocycles. The summed E-state index contributed by atoms with van der Waals surface area (Å²) in [5.41, 5.74) is 17.0. The second-order valence-corrected chi connectivity index (χ2v) is 12.0. The van der Waals surface area contributed by atoms with Crippen LogP contribution in [-0.2, 0) is 17.4 Å². The van der Waals surface area contributed by atoms with Gasteiger partial charge in [0, 0.05) is 5.54 Å². The molecule has 33 heavy (non-hydrogen) atoms.